The molecular formula is C21H34FN3O4+2. The Balaban J connectivity index is 1.84. The van der Waals surface area contributed by atoms with Gasteiger partial charge in [-0.15, -0.1) is 0 Å². The van der Waals surface area contributed by atoms with Gasteiger partial charge in [0, 0.05) is 0 Å². The molecule has 7 nitrogen and oxygen atoms in total. The van der Waals surface area contributed by atoms with Crippen molar-refractivity contribution in [1.82, 2.24) is 5.32 Å². The van der Waals surface area contributed by atoms with Gasteiger partial charge in [-0.25, -0.2) is 9.18 Å². The van der Waals surface area contributed by atoms with Crippen LogP contribution in [0.25, 0.3) is 0 Å². The number of methoxy groups -OCH3 is 2. The fourth-order valence-electron chi connectivity index (χ4n) is 3.71. The van der Waals surface area contributed by atoms with Gasteiger partial charge < -0.3 is 24.6 Å². The SMILES string of the molecule is CC[C@@H](C)[C@H](NC(=O)C[NH+]1CC[NH+](Cc2cc(F)ccc2OC)CC1)C(=O)OC. The van der Waals surface area contributed by atoms with Crippen LogP contribution >= 0.6 is 0 Å². The van der Waals surface area contributed by atoms with Crippen molar-refractivity contribution in [2.75, 3.05) is 46.9 Å². The van der Waals surface area contributed by atoms with Gasteiger partial charge in [-0.05, 0) is 24.1 Å². The van der Waals surface area contributed by atoms with Gasteiger partial charge in [0.2, 0.25) is 0 Å². The molecule has 1 aliphatic heterocycles. The molecule has 0 saturated carbocycles. The highest BCUT2D eigenvalue weighted by Gasteiger charge is 2.30. The van der Waals surface area contributed by atoms with E-state index in [0.29, 0.717) is 18.8 Å². The number of halogens is 1. The molecule has 0 radical (unpaired) electrons. The van der Waals surface area contributed by atoms with Crippen LogP contribution in [0.5, 0.6) is 5.75 Å². The first-order valence-electron chi connectivity index (χ1n) is 10.2. The lowest BCUT2D eigenvalue weighted by Crippen LogP contribution is -3.28. The maximum Gasteiger partial charge on any atom is 0.328 e. The molecule has 0 bridgehead atoms. The normalized spacial score (nSPS) is 21.1. The highest BCUT2D eigenvalue weighted by Crippen LogP contribution is 2.18. The molecule has 1 aliphatic rings. The van der Waals surface area contributed by atoms with Crippen molar-refractivity contribution in [3.8, 4) is 5.75 Å². The molecular weight excluding hydrogens is 377 g/mol. The van der Waals surface area contributed by atoms with Crippen LogP contribution in [0.4, 0.5) is 4.39 Å². The highest BCUT2D eigenvalue weighted by molar-refractivity contribution is 5.85. The van der Waals surface area contributed by atoms with Gasteiger partial charge in [0.1, 0.15) is 50.3 Å². The molecule has 1 heterocycles. The van der Waals surface area contributed by atoms with E-state index in [2.05, 4.69) is 5.32 Å². The van der Waals surface area contributed by atoms with E-state index < -0.39 is 12.0 Å². The second kappa shape index (κ2) is 11.1. The van der Waals surface area contributed by atoms with Gasteiger partial charge in [-0.2, -0.15) is 0 Å². The summed E-state index contributed by atoms with van der Waals surface area (Å²) in [6.45, 7) is 8.38. The van der Waals surface area contributed by atoms with Crippen LogP contribution in [0.1, 0.15) is 25.8 Å². The average molecular weight is 412 g/mol. The van der Waals surface area contributed by atoms with Crippen LogP contribution in [0.2, 0.25) is 0 Å². The third-order valence-corrected chi connectivity index (χ3v) is 5.74. The van der Waals surface area contributed by atoms with Gasteiger partial charge >= 0.3 is 5.97 Å². The fourth-order valence-corrected chi connectivity index (χ4v) is 3.71. The molecule has 2 atom stereocenters. The third kappa shape index (κ3) is 6.68. The topological polar surface area (TPSA) is 73.5 Å². The lowest BCUT2D eigenvalue weighted by atomic mass is 9.99. The Bertz CT molecular complexity index is 693. The zero-order chi connectivity index (χ0) is 21.4. The van der Waals surface area contributed by atoms with Crippen LogP contribution in [0, 0.1) is 11.7 Å². The van der Waals surface area contributed by atoms with E-state index in [1.54, 1.807) is 13.2 Å². The van der Waals surface area contributed by atoms with Crippen LogP contribution < -0.4 is 19.9 Å². The number of carbonyl (C=O) groups excluding carboxylic acids is 2. The highest BCUT2D eigenvalue weighted by atomic mass is 19.1. The number of hydrogen-bond donors (Lipinski definition) is 3. The van der Waals surface area contributed by atoms with E-state index in [4.69, 9.17) is 9.47 Å². The predicted molar refractivity (Wildman–Crippen MR) is 106 cm³/mol. The van der Waals surface area contributed by atoms with E-state index >= 15 is 0 Å². The molecule has 3 N–H and O–H groups in total. The van der Waals surface area contributed by atoms with E-state index in [0.717, 1.165) is 38.2 Å². The largest absolute Gasteiger partial charge is 0.496 e. The van der Waals surface area contributed by atoms with Crippen molar-refractivity contribution in [2.45, 2.75) is 32.9 Å². The monoisotopic (exact) mass is 411 g/mol. The Labute approximate surface area is 172 Å². The molecule has 0 aliphatic carbocycles. The zero-order valence-electron chi connectivity index (χ0n) is 17.8. The maximum absolute atomic E-state index is 13.6. The van der Waals surface area contributed by atoms with E-state index in [1.807, 2.05) is 13.8 Å². The minimum Gasteiger partial charge on any atom is -0.496 e. The second-order valence-electron chi connectivity index (χ2n) is 7.76. The van der Waals surface area contributed by atoms with E-state index in [1.165, 1.54) is 29.0 Å². The summed E-state index contributed by atoms with van der Waals surface area (Å²) in [6.07, 6.45) is 0.776. The Morgan fingerprint density at radius 3 is 2.41 bits per heavy atom. The molecule has 29 heavy (non-hydrogen) atoms. The predicted octanol–water partition coefficient (Wildman–Crippen LogP) is -1.18. The van der Waals surface area contributed by atoms with Gasteiger partial charge in [0.25, 0.3) is 5.91 Å². The third-order valence-electron chi connectivity index (χ3n) is 5.74. The van der Waals surface area contributed by atoms with Gasteiger partial charge in [0.05, 0.1) is 19.8 Å². The fraction of sp³-hybridized carbons (Fsp3) is 0.619. The standard InChI is InChI=1S/C21H32FN3O4/c1-5-15(2)20(21(27)29-4)23-19(26)14-25-10-8-24(9-11-25)13-16-12-17(22)6-7-18(16)28-3/h6-7,12,15,20H,5,8-11,13-14H2,1-4H3,(H,23,26)/p+2/t15-,20+/m1/s1. The summed E-state index contributed by atoms with van der Waals surface area (Å²) in [7, 11) is 2.93. The van der Waals surface area contributed by atoms with Crippen molar-refractivity contribution in [3.63, 3.8) is 0 Å². The maximum atomic E-state index is 13.6. The molecule has 0 aromatic heterocycles. The molecule has 1 saturated heterocycles. The van der Waals surface area contributed by atoms with Gasteiger partial charge in [-0.3, -0.25) is 4.79 Å². The van der Waals surface area contributed by atoms with Gasteiger partial charge in [-0.1, -0.05) is 20.3 Å². The summed E-state index contributed by atoms with van der Waals surface area (Å²) in [6, 6.07) is 3.98. The molecule has 0 spiro atoms. The Morgan fingerprint density at radius 1 is 1.17 bits per heavy atom. The van der Waals surface area contributed by atoms with Crippen LogP contribution in [-0.2, 0) is 20.9 Å². The summed E-state index contributed by atoms with van der Waals surface area (Å²) in [5, 5.41) is 2.84. The number of benzene rings is 1. The van der Waals surface area contributed by atoms with Crippen molar-refractivity contribution in [2.24, 2.45) is 5.92 Å². The van der Waals surface area contributed by atoms with E-state index in [9.17, 15) is 14.0 Å². The van der Waals surface area contributed by atoms with Crippen molar-refractivity contribution >= 4 is 11.9 Å². The first-order valence-corrected chi connectivity index (χ1v) is 10.2. The number of nitrogens with one attached hydrogen (secondary N) is 3. The number of hydrogen-bond acceptors (Lipinski definition) is 4. The Kier molecular flexibility index (Phi) is 8.85. The first kappa shape index (κ1) is 23.1. The van der Waals surface area contributed by atoms with Crippen LogP contribution in [0.3, 0.4) is 0 Å². The number of quaternary nitrogens is 2. The summed E-state index contributed by atoms with van der Waals surface area (Å²) in [4.78, 5) is 26.9. The smallest absolute Gasteiger partial charge is 0.328 e. The number of amides is 1. The van der Waals surface area contributed by atoms with Crippen LogP contribution in [0.15, 0.2) is 18.2 Å². The van der Waals surface area contributed by atoms with Crippen LogP contribution in [-0.4, -0.2) is 64.9 Å². The molecule has 1 aromatic rings. The van der Waals surface area contributed by atoms with Crippen molar-refractivity contribution in [1.29, 1.82) is 0 Å². The summed E-state index contributed by atoms with van der Waals surface area (Å²) < 4.78 is 23.7. The molecule has 1 aromatic carbocycles. The minimum absolute atomic E-state index is 0.0175. The molecule has 1 amide bonds. The number of piperazine rings is 1. The quantitative estimate of drug-likeness (QED) is 0.448. The Hall–Kier alpha value is -2.19. The Morgan fingerprint density at radius 2 is 1.83 bits per heavy atom. The first-order chi connectivity index (χ1) is 13.9. The van der Waals surface area contributed by atoms with Crippen molar-refractivity contribution < 1.29 is 33.3 Å². The molecule has 8 heteroatoms. The summed E-state index contributed by atoms with van der Waals surface area (Å²) in [5.74, 6) is -0.0783. The second-order valence-corrected chi connectivity index (χ2v) is 7.76. The van der Waals surface area contributed by atoms with E-state index in [-0.39, 0.29) is 17.6 Å². The lowest BCUT2D eigenvalue weighted by molar-refractivity contribution is -1.02. The lowest BCUT2D eigenvalue weighted by Gasteiger charge is -2.30. The summed E-state index contributed by atoms with van der Waals surface area (Å²) >= 11 is 0. The summed E-state index contributed by atoms with van der Waals surface area (Å²) in [5.41, 5.74) is 0.859. The molecule has 162 valence electrons. The molecule has 2 rings (SSSR count). The number of rotatable bonds is 9. The number of carbonyl (C=O) groups is 2. The molecule has 1 fully saturated rings. The number of ether oxygens (including phenoxy) is 2. The zero-order valence-corrected chi connectivity index (χ0v) is 17.8. The molecule has 0 unspecified atom stereocenters. The minimum atomic E-state index is -0.607. The van der Waals surface area contributed by atoms with Crippen molar-refractivity contribution in [3.05, 3.63) is 29.6 Å². The number of esters is 1. The van der Waals surface area contributed by atoms with Gasteiger partial charge in [0.15, 0.2) is 6.54 Å². The average Bonchev–Trinajstić information content (AvgIpc) is 2.72.